The number of hydrogen-bond acceptors (Lipinski definition) is 6. The molecule has 194 valence electrons. The van der Waals surface area contributed by atoms with Crippen molar-refractivity contribution >= 4 is 51.0 Å². The molecule has 0 radical (unpaired) electrons. The van der Waals surface area contributed by atoms with E-state index in [1.165, 1.54) is 0 Å². The Hall–Kier alpha value is -4.11. The van der Waals surface area contributed by atoms with Gasteiger partial charge in [0.2, 0.25) is 6.79 Å². The van der Waals surface area contributed by atoms with Crippen LogP contribution in [0.25, 0.3) is 6.08 Å². The van der Waals surface area contributed by atoms with E-state index in [0.717, 1.165) is 5.69 Å². The number of para-hydroxylation sites is 1. The Morgan fingerprint density at radius 1 is 0.895 bits per heavy atom. The lowest BCUT2D eigenvalue weighted by atomic mass is 10.1. The van der Waals surface area contributed by atoms with Gasteiger partial charge in [-0.3, -0.25) is 14.4 Å². The van der Waals surface area contributed by atoms with Gasteiger partial charge in [0.1, 0.15) is 5.57 Å². The highest BCUT2D eigenvalue weighted by Gasteiger charge is 2.28. The van der Waals surface area contributed by atoms with E-state index in [9.17, 15) is 14.4 Å². The predicted octanol–water partition coefficient (Wildman–Crippen LogP) is 4.75. The molecule has 38 heavy (non-hydrogen) atoms. The van der Waals surface area contributed by atoms with Gasteiger partial charge in [-0.1, -0.05) is 34.1 Å². The number of rotatable bonds is 6. The fourth-order valence-electron chi connectivity index (χ4n) is 4.39. The molecular formula is C29H26BrN3O5. The van der Waals surface area contributed by atoms with E-state index in [-0.39, 0.29) is 24.1 Å². The standard InChI is InChI=1S/C29H26BrN3O5/c1-19(34)20-7-9-23(10-8-20)32-11-13-33(14-12-32)29(36)24(28(35)31-22-5-3-2-4-6-22)15-21-16-26-27(17-25(21)30)38-18-37-26/h2-10,15-17H,11-14,18H2,1H3,(H,31,35). The number of carbonyl (C=O) groups excluding carboxylic acids is 3. The molecule has 1 N–H and O–H groups in total. The topological polar surface area (TPSA) is 88.2 Å². The second-order valence-electron chi connectivity index (χ2n) is 8.99. The van der Waals surface area contributed by atoms with Crippen LogP contribution in [0.3, 0.4) is 0 Å². The van der Waals surface area contributed by atoms with Gasteiger partial charge in [0, 0.05) is 47.6 Å². The third-order valence-electron chi connectivity index (χ3n) is 6.50. The summed E-state index contributed by atoms with van der Waals surface area (Å²) in [5, 5.41) is 2.84. The van der Waals surface area contributed by atoms with Crippen LogP contribution in [0.2, 0.25) is 0 Å². The number of nitrogens with zero attached hydrogens (tertiary/aromatic N) is 2. The van der Waals surface area contributed by atoms with Crippen molar-refractivity contribution in [3.63, 3.8) is 0 Å². The number of halogens is 1. The summed E-state index contributed by atoms with van der Waals surface area (Å²) in [7, 11) is 0. The Morgan fingerprint density at radius 3 is 2.21 bits per heavy atom. The Bertz CT molecular complexity index is 1400. The number of amides is 2. The summed E-state index contributed by atoms with van der Waals surface area (Å²) in [6, 6.07) is 20.0. The maximum atomic E-state index is 13.7. The van der Waals surface area contributed by atoms with Crippen molar-refractivity contribution in [2.24, 2.45) is 0 Å². The van der Waals surface area contributed by atoms with E-state index < -0.39 is 5.91 Å². The van der Waals surface area contributed by atoms with E-state index in [2.05, 4.69) is 26.1 Å². The first kappa shape index (κ1) is 25.5. The number of anilines is 2. The van der Waals surface area contributed by atoms with Gasteiger partial charge in [-0.15, -0.1) is 0 Å². The van der Waals surface area contributed by atoms with E-state index in [0.29, 0.717) is 59.0 Å². The second-order valence-corrected chi connectivity index (χ2v) is 9.84. The van der Waals surface area contributed by atoms with Gasteiger partial charge < -0.3 is 24.6 Å². The molecule has 0 spiro atoms. The van der Waals surface area contributed by atoms with E-state index in [1.54, 1.807) is 42.2 Å². The molecule has 0 aromatic heterocycles. The smallest absolute Gasteiger partial charge is 0.261 e. The van der Waals surface area contributed by atoms with Crippen molar-refractivity contribution in [3.05, 3.63) is 87.9 Å². The first-order chi connectivity index (χ1) is 18.4. The van der Waals surface area contributed by atoms with Crippen LogP contribution in [-0.2, 0) is 9.59 Å². The summed E-state index contributed by atoms with van der Waals surface area (Å²) in [6.07, 6.45) is 1.58. The van der Waals surface area contributed by atoms with Crippen LogP contribution in [-0.4, -0.2) is 55.5 Å². The Morgan fingerprint density at radius 2 is 1.55 bits per heavy atom. The average molecular weight is 576 g/mol. The monoisotopic (exact) mass is 575 g/mol. The van der Waals surface area contributed by atoms with Crippen molar-refractivity contribution in [3.8, 4) is 11.5 Å². The molecule has 5 rings (SSSR count). The van der Waals surface area contributed by atoms with Gasteiger partial charge in [0.05, 0.1) is 0 Å². The maximum Gasteiger partial charge on any atom is 0.261 e. The molecule has 1 saturated heterocycles. The molecule has 0 saturated carbocycles. The minimum atomic E-state index is -0.493. The zero-order valence-corrected chi connectivity index (χ0v) is 22.4. The number of carbonyl (C=O) groups is 3. The molecule has 8 nitrogen and oxygen atoms in total. The molecule has 2 aliphatic heterocycles. The summed E-state index contributed by atoms with van der Waals surface area (Å²) in [6.45, 7) is 3.77. The molecule has 3 aromatic carbocycles. The molecule has 0 unspecified atom stereocenters. The third-order valence-corrected chi connectivity index (χ3v) is 7.19. The third kappa shape index (κ3) is 5.57. The van der Waals surface area contributed by atoms with Crippen molar-refractivity contribution in [1.29, 1.82) is 0 Å². The highest BCUT2D eigenvalue weighted by molar-refractivity contribution is 9.10. The summed E-state index contributed by atoms with van der Waals surface area (Å²) in [4.78, 5) is 42.5. The number of benzene rings is 3. The van der Waals surface area contributed by atoms with Gasteiger partial charge >= 0.3 is 0 Å². The lowest BCUT2D eigenvalue weighted by Crippen LogP contribution is -2.50. The number of Topliss-reactive ketones (excluding diaryl/α,β-unsaturated/α-hetero) is 1. The van der Waals surface area contributed by atoms with Crippen LogP contribution in [0.5, 0.6) is 11.5 Å². The summed E-state index contributed by atoms with van der Waals surface area (Å²) >= 11 is 3.52. The van der Waals surface area contributed by atoms with Crippen LogP contribution in [0.4, 0.5) is 11.4 Å². The van der Waals surface area contributed by atoms with Crippen LogP contribution in [0.15, 0.2) is 76.8 Å². The number of fused-ring (bicyclic) bond motifs is 1. The first-order valence-electron chi connectivity index (χ1n) is 12.2. The molecule has 2 aliphatic rings. The quantitative estimate of drug-likeness (QED) is 0.197. The molecule has 0 atom stereocenters. The summed E-state index contributed by atoms with van der Waals surface area (Å²) < 4.78 is 11.6. The number of piperazine rings is 1. The van der Waals surface area contributed by atoms with Gasteiger partial charge in [-0.05, 0) is 67.1 Å². The lowest BCUT2D eigenvalue weighted by molar-refractivity contribution is -0.129. The fourth-order valence-corrected chi connectivity index (χ4v) is 4.83. The molecule has 1 fully saturated rings. The van der Waals surface area contributed by atoms with Crippen molar-refractivity contribution in [1.82, 2.24) is 4.90 Å². The van der Waals surface area contributed by atoms with Gasteiger partial charge in [-0.2, -0.15) is 0 Å². The number of ether oxygens (including phenoxy) is 2. The van der Waals surface area contributed by atoms with Crippen molar-refractivity contribution in [2.45, 2.75) is 6.92 Å². The van der Waals surface area contributed by atoms with Crippen LogP contribution in [0, 0.1) is 0 Å². The first-order valence-corrected chi connectivity index (χ1v) is 13.0. The normalized spacial score (nSPS) is 14.8. The maximum absolute atomic E-state index is 13.7. The minimum Gasteiger partial charge on any atom is -0.454 e. The van der Waals surface area contributed by atoms with E-state index in [1.807, 2.05) is 42.5 Å². The van der Waals surface area contributed by atoms with Crippen LogP contribution >= 0.6 is 15.9 Å². The molecule has 0 aliphatic carbocycles. The molecular weight excluding hydrogens is 550 g/mol. The Labute approximate surface area is 229 Å². The van der Waals surface area contributed by atoms with Gasteiger partial charge in [-0.25, -0.2) is 0 Å². The Balaban J connectivity index is 1.37. The molecule has 2 amide bonds. The highest BCUT2D eigenvalue weighted by Crippen LogP contribution is 2.38. The molecule has 9 heteroatoms. The zero-order valence-electron chi connectivity index (χ0n) is 20.8. The van der Waals surface area contributed by atoms with Crippen molar-refractivity contribution in [2.75, 3.05) is 43.2 Å². The van der Waals surface area contributed by atoms with Gasteiger partial charge in [0.15, 0.2) is 17.3 Å². The molecule has 3 aromatic rings. The molecule has 0 bridgehead atoms. The van der Waals surface area contributed by atoms with Crippen LogP contribution < -0.4 is 19.7 Å². The largest absolute Gasteiger partial charge is 0.454 e. The number of hydrogen-bond donors (Lipinski definition) is 1. The number of nitrogens with one attached hydrogen (secondary N) is 1. The Kier molecular flexibility index (Phi) is 7.46. The second kappa shape index (κ2) is 11.1. The average Bonchev–Trinajstić information content (AvgIpc) is 3.39. The van der Waals surface area contributed by atoms with E-state index in [4.69, 9.17) is 9.47 Å². The lowest BCUT2D eigenvalue weighted by Gasteiger charge is -2.36. The zero-order chi connectivity index (χ0) is 26.6. The number of ketones is 1. The SMILES string of the molecule is CC(=O)c1ccc(N2CCN(C(=O)C(=Cc3cc4c(cc3Br)OCO4)C(=O)Nc3ccccc3)CC2)cc1. The minimum absolute atomic E-state index is 0.0210. The summed E-state index contributed by atoms with van der Waals surface area (Å²) in [5.41, 5.74) is 2.90. The van der Waals surface area contributed by atoms with Crippen molar-refractivity contribution < 1.29 is 23.9 Å². The summed E-state index contributed by atoms with van der Waals surface area (Å²) in [5.74, 6) is 0.332. The van der Waals surface area contributed by atoms with Crippen LogP contribution in [0.1, 0.15) is 22.8 Å². The molecule has 2 heterocycles. The van der Waals surface area contributed by atoms with Gasteiger partial charge in [0.25, 0.3) is 11.8 Å². The van der Waals surface area contributed by atoms with E-state index >= 15 is 0 Å². The fraction of sp³-hybridized carbons (Fsp3) is 0.207. The highest BCUT2D eigenvalue weighted by atomic mass is 79.9. The predicted molar refractivity (Wildman–Crippen MR) is 149 cm³/mol.